The van der Waals surface area contributed by atoms with Crippen LogP contribution < -0.4 is 0 Å². The average Bonchev–Trinajstić information content (AvgIpc) is 2.77. The second-order valence-electron chi connectivity index (χ2n) is 5.26. The van der Waals surface area contributed by atoms with Crippen molar-refractivity contribution in [2.24, 2.45) is 11.8 Å². The van der Waals surface area contributed by atoms with Crippen LogP contribution in [0.2, 0.25) is 0 Å². The molecular formula is C12H19BO4. The molecule has 0 bridgehead atoms. The van der Waals surface area contributed by atoms with E-state index in [1.165, 1.54) is 0 Å². The number of carbonyl (C=O) groups is 2. The van der Waals surface area contributed by atoms with Gasteiger partial charge in [0.1, 0.15) is 12.2 Å². The minimum absolute atomic E-state index is 0.0570. The molecule has 0 amide bonds. The lowest BCUT2D eigenvalue weighted by atomic mass is 10.1. The molecule has 0 spiro atoms. The van der Waals surface area contributed by atoms with Crippen molar-refractivity contribution in [2.45, 2.75) is 51.7 Å². The third-order valence-electron chi connectivity index (χ3n) is 3.86. The van der Waals surface area contributed by atoms with Crippen molar-refractivity contribution < 1.29 is 18.9 Å². The van der Waals surface area contributed by atoms with Gasteiger partial charge in [0.05, 0.1) is 0 Å². The molecule has 94 valence electrons. The van der Waals surface area contributed by atoms with Crippen LogP contribution >= 0.6 is 0 Å². The summed E-state index contributed by atoms with van der Waals surface area (Å²) in [6.07, 6.45) is 2.32. The summed E-state index contributed by atoms with van der Waals surface area (Å²) in [6, 6.07) is 0. The fourth-order valence-corrected chi connectivity index (χ4v) is 2.66. The highest BCUT2D eigenvalue weighted by Crippen LogP contribution is 2.26. The quantitative estimate of drug-likeness (QED) is 0.686. The van der Waals surface area contributed by atoms with Gasteiger partial charge >= 0.3 is 7.69 Å². The molecule has 0 saturated heterocycles. The Hall–Kier alpha value is -0.675. The molecular weight excluding hydrogens is 219 g/mol. The standard InChI is InChI=1S/C12H19BO4/c1-7-3-5-9(14)11(7)16-13-17-12-8(2)4-6-10(12)15/h7-8,11-13H,3-6H2,1-2H3. The van der Waals surface area contributed by atoms with Crippen molar-refractivity contribution in [2.75, 3.05) is 0 Å². The van der Waals surface area contributed by atoms with Crippen molar-refractivity contribution in [3.63, 3.8) is 0 Å². The number of ketones is 2. The average molecular weight is 238 g/mol. The molecule has 0 radical (unpaired) electrons. The van der Waals surface area contributed by atoms with Gasteiger partial charge < -0.3 is 9.31 Å². The molecule has 0 N–H and O–H groups in total. The van der Waals surface area contributed by atoms with E-state index in [4.69, 9.17) is 9.31 Å². The van der Waals surface area contributed by atoms with Gasteiger partial charge in [-0.1, -0.05) is 13.8 Å². The zero-order valence-corrected chi connectivity index (χ0v) is 10.5. The summed E-state index contributed by atoms with van der Waals surface area (Å²) in [5.74, 6) is 0.851. The van der Waals surface area contributed by atoms with Crippen LogP contribution in [0.15, 0.2) is 0 Å². The molecule has 0 aliphatic heterocycles. The summed E-state index contributed by atoms with van der Waals surface area (Å²) in [4.78, 5) is 23.0. The molecule has 2 aliphatic rings. The first-order valence-corrected chi connectivity index (χ1v) is 6.38. The smallest absolute Gasteiger partial charge is 0.404 e. The molecule has 4 nitrogen and oxygen atoms in total. The predicted octanol–water partition coefficient (Wildman–Crippen LogP) is 1.02. The summed E-state index contributed by atoms with van der Waals surface area (Å²) in [5, 5.41) is 0. The van der Waals surface area contributed by atoms with E-state index in [1.54, 1.807) is 0 Å². The number of rotatable bonds is 4. The number of hydrogen-bond acceptors (Lipinski definition) is 4. The zero-order chi connectivity index (χ0) is 12.4. The van der Waals surface area contributed by atoms with Crippen LogP contribution in [0, 0.1) is 11.8 Å². The van der Waals surface area contributed by atoms with Gasteiger partial charge in [-0.2, -0.15) is 0 Å². The van der Waals surface area contributed by atoms with E-state index in [1.807, 2.05) is 13.8 Å². The van der Waals surface area contributed by atoms with Gasteiger partial charge in [-0.25, -0.2) is 0 Å². The maximum absolute atomic E-state index is 11.5. The maximum atomic E-state index is 11.5. The van der Waals surface area contributed by atoms with Crippen LogP contribution in [0.4, 0.5) is 0 Å². The normalized spacial score (nSPS) is 37.8. The highest BCUT2D eigenvalue weighted by atomic mass is 16.6. The van der Waals surface area contributed by atoms with Crippen molar-refractivity contribution in [1.29, 1.82) is 0 Å². The molecule has 2 rings (SSSR count). The molecule has 17 heavy (non-hydrogen) atoms. The number of hydrogen-bond donors (Lipinski definition) is 0. The lowest BCUT2D eigenvalue weighted by Gasteiger charge is -2.18. The highest BCUT2D eigenvalue weighted by molar-refractivity contribution is 6.19. The molecule has 2 saturated carbocycles. The van der Waals surface area contributed by atoms with Gasteiger partial charge in [0, 0.05) is 12.8 Å². The van der Waals surface area contributed by atoms with Crippen molar-refractivity contribution in [1.82, 2.24) is 0 Å². The van der Waals surface area contributed by atoms with E-state index >= 15 is 0 Å². The van der Waals surface area contributed by atoms with Crippen molar-refractivity contribution >= 4 is 19.3 Å². The second-order valence-corrected chi connectivity index (χ2v) is 5.26. The van der Waals surface area contributed by atoms with Gasteiger partial charge in [-0.3, -0.25) is 9.59 Å². The third kappa shape index (κ3) is 2.77. The van der Waals surface area contributed by atoms with Gasteiger partial charge in [-0.05, 0) is 24.7 Å². The Morgan fingerprint density at radius 1 is 0.941 bits per heavy atom. The van der Waals surface area contributed by atoms with E-state index in [-0.39, 0.29) is 43.3 Å². The second kappa shape index (κ2) is 5.31. The van der Waals surface area contributed by atoms with Crippen LogP contribution in [0.1, 0.15) is 39.5 Å². The lowest BCUT2D eigenvalue weighted by molar-refractivity contribution is -0.126. The van der Waals surface area contributed by atoms with E-state index in [2.05, 4.69) is 0 Å². The summed E-state index contributed by atoms with van der Waals surface area (Å²) >= 11 is 0. The van der Waals surface area contributed by atoms with Crippen LogP contribution in [-0.4, -0.2) is 31.5 Å². The monoisotopic (exact) mass is 238 g/mol. The molecule has 4 atom stereocenters. The first-order valence-electron chi connectivity index (χ1n) is 6.38. The van der Waals surface area contributed by atoms with Crippen LogP contribution in [0.25, 0.3) is 0 Å². The molecule has 0 aromatic carbocycles. The van der Waals surface area contributed by atoms with E-state index < -0.39 is 0 Å². The maximum Gasteiger partial charge on any atom is 0.439 e. The molecule has 4 unspecified atom stereocenters. The summed E-state index contributed by atoms with van der Waals surface area (Å²) in [7, 11) is 0.0570. The summed E-state index contributed by atoms with van der Waals surface area (Å²) in [5.41, 5.74) is 0. The third-order valence-corrected chi connectivity index (χ3v) is 3.86. The molecule has 0 heterocycles. The van der Waals surface area contributed by atoms with E-state index in [9.17, 15) is 9.59 Å². The first-order chi connectivity index (χ1) is 8.09. The topological polar surface area (TPSA) is 52.6 Å². The van der Waals surface area contributed by atoms with Crippen LogP contribution in [-0.2, 0) is 18.9 Å². The first kappa shape index (κ1) is 12.8. The Labute approximate surface area is 102 Å². The lowest BCUT2D eigenvalue weighted by Crippen LogP contribution is -2.31. The molecule has 0 aromatic rings. The fraction of sp³-hybridized carbons (Fsp3) is 0.833. The Balaban J connectivity index is 1.76. The van der Waals surface area contributed by atoms with Gasteiger partial charge in [0.25, 0.3) is 0 Å². The minimum Gasteiger partial charge on any atom is -0.404 e. The SMILES string of the molecule is CC1CCC(=O)C1OBOC1C(=O)CCC1C. The zero-order valence-electron chi connectivity index (χ0n) is 10.5. The summed E-state index contributed by atoms with van der Waals surface area (Å²) < 4.78 is 10.9. The largest absolute Gasteiger partial charge is 0.439 e. The number of Topliss-reactive ketones (excluding diaryl/α,β-unsaturated/α-hetero) is 2. The van der Waals surface area contributed by atoms with Crippen LogP contribution in [0.5, 0.6) is 0 Å². The predicted molar refractivity (Wildman–Crippen MR) is 63.7 cm³/mol. The Bertz CT molecular complexity index is 288. The van der Waals surface area contributed by atoms with Gasteiger partial charge in [0.15, 0.2) is 11.6 Å². The molecule has 2 fully saturated rings. The van der Waals surface area contributed by atoms with Gasteiger partial charge in [0.2, 0.25) is 0 Å². The van der Waals surface area contributed by atoms with E-state index in [0.717, 1.165) is 12.8 Å². The van der Waals surface area contributed by atoms with Crippen molar-refractivity contribution in [3.05, 3.63) is 0 Å². The minimum atomic E-state index is -0.332. The van der Waals surface area contributed by atoms with Crippen LogP contribution in [0.3, 0.4) is 0 Å². The Morgan fingerprint density at radius 3 is 1.65 bits per heavy atom. The Kier molecular flexibility index (Phi) is 3.99. The fourth-order valence-electron chi connectivity index (χ4n) is 2.66. The van der Waals surface area contributed by atoms with E-state index in [0.29, 0.717) is 12.8 Å². The molecule has 0 aromatic heterocycles. The molecule has 5 heteroatoms. The highest BCUT2D eigenvalue weighted by Gasteiger charge is 2.35. The van der Waals surface area contributed by atoms with Crippen molar-refractivity contribution in [3.8, 4) is 0 Å². The number of carbonyl (C=O) groups excluding carboxylic acids is 2. The molecule has 2 aliphatic carbocycles. The summed E-state index contributed by atoms with van der Waals surface area (Å²) in [6.45, 7) is 4.03. The Morgan fingerprint density at radius 2 is 1.35 bits per heavy atom. The van der Waals surface area contributed by atoms with Gasteiger partial charge in [-0.15, -0.1) is 0 Å².